The van der Waals surface area contributed by atoms with Crippen molar-refractivity contribution in [2.24, 2.45) is 0 Å². The average Bonchev–Trinajstić information content (AvgIpc) is 2.55. The van der Waals surface area contributed by atoms with E-state index in [4.69, 9.17) is 14.6 Å². The number of ether oxygens (including phenoxy) is 2. The summed E-state index contributed by atoms with van der Waals surface area (Å²) in [6.07, 6.45) is 0. The predicted octanol–water partition coefficient (Wildman–Crippen LogP) is 1.20. The van der Waals surface area contributed by atoms with Gasteiger partial charge in [0, 0.05) is 0 Å². The van der Waals surface area contributed by atoms with Crippen molar-refractivity contribution in [2.45, 2.75) is 6.61 Å². The molecule has 0 aliphatic carbocycles. The highest BCUT2D eigenvalue weighted by Crippen LogP contribution is 2.18. The topological polar surface area (TPSA) is 55.3 Å². The van der Waals surface area contributed by atoms with Gasteiger partial charge in [0.1, 0.15) is 31.3 Å². The van der Waals surface area contributed by atoms with Crippen LogP contribution in [0.2, 0.25) is 0 Å². The SMILES string of the molecule is OCC[NH2+]CCOc1ccc(OCc2ccccc2)cc1. The quantitative estimate of drug-likeness (QED) is 0.682. The van der Waals surface area contributed by atoms with E-state index in [1.165, 1.54) is 0 Å². The van der Waals surface area contributed by atoms with Crippen LogP contribution in [0, 0.1) is 0 Å². The van der Waals surface area contributed by atoms with Crippen molar-refractivity contribution in [1.29, 1.82) is 0 Å². The van der Waals surface area contributed by atoms with Crippen LogP contribution in [-0.2, 0) is 6.61 Å². The Bertz CT molecular complexity index is 499. The molecule has 2 rings (SSSR count). The van der Waals surface area contributed by atoms with Crippen LogP contribution in [0.3, 0.4) is 0 Å². The van der Waals surface area contributed by atoms with E-state index in [9.17, 15) is 0 Å². The average molecular weight is 288 g/mol. The molecular formula is C17H22NO3+. The Morgan fingerprint density at radius 1 is 0.810 bits per heavy atom. The van der Waals surface area contributed by atoms with E-state index in [1.807, 2.05) is 59.9 Å². The molecule has 0 heterocycles. The molecule has 0 fully saturated rings. The van der Waals surface area contributed by atoms with Crippen molar-refractivity contribution in [1.82, 2.24) is 0 Å². The molecule has 0 unspecified atom stereocenters. The van der Waals surface area contributed by atoms with Crippen molar-refractivity contribution in [3.63, 3.8) is 0 Å². The maximum Gasteiger partial charge on any atom is 0.137 e. The second-order valence-electron chi connectivity index (χ2n) is 4.68. The van der Waals surface area contributed by atoms with Crippen molar-refractivity contribution >= 4 is 0 Å². The van der Waals surface area contributed by atoms with Gasteiger partial charge in [0.25, 0.3) is 0 Å². The Morgan fingerprint density at radius 3 is 2.14 bits per heavy atom. The lowest BCUT2D eigenvalue weighted by Gasteiger charge is -2.08. The molecule has 0 bridgehead atoms. The van der Waals surface area contributed by atoms with Gasteiger partial charge in [-0.15, -0.1) is 0 Å². The molecule has 0 aliphatic heterocycles. The van der Waals surface area contributed by atoms with E-state index in [-0.39, 0.29) is 6.61 Å². The van der Waals surface area contributed by atoms with E-state index in [1.54, 1.807) is 0 Å². The largest absolute Gasteiger partial charge is 0.489 e. The molecule has 3 N–H and O–H groups in total. The molecule has 21 heavy (non-hydrogen) atoms. The summed E-state index contributed by atoms with van der Waals surface area (Å²) in [5, 5.41) is 10.7. The molecule has 0 amide bonds. The van der Waals surface area contributed by atoms with Gasteiger partial charge in [-0.3, -0.25) is 0 Å². The van der Waals surface area contributed by atoms with Crippen LogP contribution in [0.1, 0.15) is 5.56 Å². The van der Waals surface area contributed by atoms with Gasteiger partial charge in [-0.2, -0.15) is 0 Å². The van der Waals surface area contributed by atoms with Crippen LogP contribution in [0.5, 0.6) is 11.5 Å². The Morgan fingerprint density at radius 2 is 1.48 bits per heavy atom. The lowest BCUT2D eigenvalue weighted by molar-refractivity contribution is -0.656. The standard InChI is InChI=1S/C17H21NO3/c19-12-10-18-11-13-20-16-6-8-17(9-7-16)21-14-15-4-2-1-3-5-15/h1-9,18-19H,10-14H2/p+1. The summed E-state index contributed by atoms with van der Waals surface area (Å²) >= 11 is 0. The van der Waals surface area contributed by atoms with Gasteiger partial charge in [-0.1, -0.05) is 30.3 Å². The lowest BCUT2D eigenvalue weighted by atomic mass is 10.2. The van der Waals surface area contributed by atoms with Gasteiger partial charge in [-0.25, -0.2) is 0 Å². The zero-order valence-electron chi connectivity index (χ0n) is 12.1. The maximum atomic E-state index is 8.66. The van der Waals surface area contributed by atoms with Gasteiger partial charge in [-0.05, 0) is 29.8 Å². The highest BCUT2D eigenvalue weighted by molar-refractivity contribution is 5.31. The number of nitrogens with two attached hydrogens (primary N) is 1. The predicted molar refractivity (Wildman–Crippen MR) is 81.5 cm³/mol. The molecular weight excluding hydrogens is 266 g/mol. The zero-order chi connectivity index (χ0) is 14.8. The Balaban J connectivity index is 1.71. The first-order valence-electron chi connectivity index (χ1n) is 7.20. The van der Waals surface area contributed by atoms with Crippen molar-refractivity contribution in [2.75, 3.05) is 26.3 Å². The van der Waals surface area contributed by atoms with Gasteiger partial charge < -0.3 is 19.9 Å². The summed E-state index contributed by atoms with van der Waals surface area (Å²) in [5.41, 5.74) is 1.15. The minimum absolute atomic E-state index is 0.202. The van der Waals surface area contributed by atoms with Crippen LogP contribution in [0.25, 0.3) is 0 Å². The van der Waals surface area contributed by atoms with Crippen LogP contribution >= 0.6 is 0 Å². The Labute approximate surface area is 125 Å². The second kappa shape index (κ2) is 9.00. The third-order valence-corrected chi connectivity index (χ3v) is 3.00. The molecule has 0 aromatic heterocycles. The number of hydrogen-bond acceptors (Lipinski definition) is 3. The molecule has 0 atom stereocenters. The molecule has 0 saturated carbocycles. The molecule has 0 aliphatic rings. The summed E-state index contributed by atoms with van der Waals surface area (Å²) in [4.78, 5) is 0. The van der Waals surface area contributed by atoms with Gasteiger partial charge in [0.2, 0.25) is 0 Å². The summed E-state index contributed by atoms with van der Waals surface area (Å²) in [6.45, 7) is 2.96. The van der Waals surface area contributed by atoms with Crippen LogP contribution < -0.4 is 14.8 Å². The molecule has 4 nitrogen and oxygen atoms in total. The molecule has 0 spiro atoms. The Kier molecular flexibility index (Phi) is 6.58. The number of aliphatic hydroxyl groups excluding tert-OH is 1. The molecule has 2 aromatic carbocycles. The fraction of sp³-hybridized carbons (Fsp3) is 0.294. The van der Waals surface area contributed by atoms with Crippen LogP contribution in [0.4, 0.5) is 0 Å². The number of rotatable bonds is 9. The van der Waals surface area contributed by atoms with Crippen molar-refractivity contribution in [3.05, 3.63) is 60.2 Å². The minimum Gasteiger partial charge on any atom is -0.489 e. The summed E-state index contributed by atoms with van der Waals surface area (Å²) in [5.74, 6) is 1.66. The molecule has 0 radical (unpaired) electrons. The maximum absolute atomic E-state index is 8.66. The van der Waals surface area contributed by atoms with Gasteiger partial charge in [0.15, 0.2) is 0 Å². The van der Waals surface area contributed by atoms with Crippen molar-refractivity contribution in [3.8, 4) is 11.5 Å². The first-order chi connectivity index (χ1) is 10.4. The van der Waals surface area contributed by atoms with Crippen molar-refractivity contribution < 1.29 is 19.9 Å². The highest BCUT2D eigenvalue weighted by Gasteiger charge is 1.98. The van der Waals surface area contributed by atoms with Crippen LogP contribution in [0.15, 0.2) is 54.6 Å². The minimum atomic E-state index is 0.202. The molecule has 0 saturated heterocycles. The molecule has 2 aromatic rings. The first kappa shape index (κ1) is 15.4. The summed E-state index contributed by atoms with van der Waals surface area (Å²) in [7, 11) is 0. The summed E-state index contributed by atoms with van der Waals surface area (Å²) in [6, 6.07) is 17.7. The van der Waals surface area contributed by atoms with E-state index < -0.39 is 0 Å². The first-order valence-corrected chi connectivity index (χ1v) is 7.20. The smallest absolute Gasteiger partial charge is 0.137 e. The van der Waals surface area contributed by atoms with Crippen LogP contribution in [-0.4, -0.2) is 31.4 Å². The number of aliphatic hydroxyl groups is 1. The van der Waals surface area contributed by atoms with E-state index in [2.05, 4.69) is 0 Å². The fourth-order valence-corrected chi connectivity index (χ4v) is 1.87. The number of quaternary nitrogens is 1. The zero-order valence-corrected chi connectivity index (χ0v) is 12.1. The highest BCUT2D eigenvalue weighted by atomic mass is 16.5. The van der Waals surface area contributed by atoms with E-state index >= 15 is 0 Å². The fourth-order valence-electron chi connectivity index (χ4n) is 1.87. The molecule has 4 heteroatoms. The van der Waals surface area contributed by atoms with E-state index in [0.717, 1.165) is 30.2 Å². The molecule has 112 valence electrons. The second-order valence-corrected chi connectivity index (χ2v) is 4.68. The summed E-state index contributed by atoms with van der Waals surface area (Å²) < 4.78 is 11.3. The number of benzene rings is 2. The van der Waals surface area contributed by atoms with Gasteiger partial charge in [0.05, 0.1) is 13.2 Å². The van der Waals surface area contributed by atoms with E-state index in [0.29, 0.717) is 13.2 Å². The third-order valence-electron chi connectivity index (χ3n) is 3.00. The lowest BCUT2D eigenvalue weighted by Crippen LogP contribution is -2.86. The van der Waals surface area contributed by atoms with Gasteiger partial charge >= 0.3 is 0 Å². The monoisotopic (exact) mass is 288 g/mol. The third kappa shape index (κ3) is 5.85. The Hall–Kier alpha value is -2.04. The normalized spacial score (nSPS) is 10.3. The number of hydrogen-bond donors (Lipinski definition) is 2.